The third-order valence-corrected chi connectivity index (χ3v) is 1.89. The average molecular weight is 217 g/mol. The quantitative estimate of drug-likeness (QED) is 0.599. The summed E-state index contributed by atoms with van der Waals surface area (Å²) in [7, 11) is 0. The summed E-state index contributed by atoms with van der Waals surface area (Å²) in [6.45, 7) is 6.82. The molecule has 0 aromatic heterocycles. The topological polar surface area (TPSA) is 47.6 Å². The summed E-state index contributed by atoms with van der Waals surface area (Å²) in [5, 5.41) is 4.27. The molecular formula is C7H16N2Y-2. The van der Waals surface area contributed by atoms with Gasteiger partial charge in [-0.3, -0.25) is 0 Å². The van der Waals surface area contributed by atoms with E-state index in [9.17, 15) is 0 Å². The average Bonchev–Trinajstić information content (AvgIpc) is 1.65. The molecule has 0 saturated carbocycles. The molecule has 0 bridgehead atoms. The number of piperidine rings is 1. The Balaban J connectivity index is 0. The Labute approximate surface area is 89.0 Å². The molecule has 1 fully saturated rings. The molecule has 1 saturated heterocycles. The van der Waals surface area contributed by atoms with Gasteiger partial charge in [-0.15, -0.1) is 13.1 Å². The zero-order chi connectivity index (χ0) is 6.04. The van der Waals surface area contributed by atoms with Gasteiger partial charge in [0.25, 0.3) is 0 Å². The van der Waals surface area contributed by atoms with Gasteiger partial charge in [0.2, 0.25) is 0 Å². The first kappa shape index (κ1) is 13.6. The molecule has 0 unspecified atom stereocenters. The molecule has 1 rings (SSSR count). The molecule has 1 heterocycles. The molecule has 1 radical (unpaired) electrons. The fraction of sp³-hybridized carbons (Fsp3) is 1.00. The Morgan fingerprint density at radius 2 is 1.50 bits per heavy atom. The van der Waals surface area contributed by atoms with Crippen LogP contribution in [0.3, 0.4) is 0 Å². The van der Waals surface area contributed by atoms with Gasteiger partial charge in [-0.05, 0) is 5.41 Å². The van der Waals surface area contributed by atoms with E-state index >= 15 is 0 Å². The van der Waals surface area contributed by atoms with Crippen LogP contribution in [0.5, 0.6) is 0 Å². The van der Waals surface area contributed by atoms with Crippen LogP contribution in [0.1, 0.15) is 26.7 Å². The van der Waals surface area contributed by atoms with Crippen LogP contribution >= 0.6 is 0 Å². The molecule has 0 aromatic carbocycles. The van der Waals surface area contributed by atoms with E-state index in [0.717, 1.165) is 13.1 Å². The zero-order valence-electron chi connectivity index (χ0n) is 6.93. The Morgan fingerprint density at radius 1 is 1.10 bits per heavy atom. The van der Waals surface area contributed by atoms with E-state index in [1.165, 1.54) is 12.8 Å². The third kappa shape index (κ3) is 4.78. The van der Waals surface area contributed by atoms with E-state index in [0.29, 0.717) is 5.41 Å². The third-order valence-electron chi connectivity index (χ3n) is 1.89. The van der Waals surface area contributed by atoms with Gasteiger partial charge in [0.1, 0.15) is 0 Å². The Hall–Kier alpha value is 1.02. The van der Waals surface area contributed by atoms with Crippen LogP contribution in [-0.4, -0.2) is 13.1 Å². The largest absolute Gasteiger partial charge is 0.693 e. The molecule has 0 spiro atoms. The monoisotopic (exact) mass is 217 g/mol. The van der Waals surface area contributed by atoms with Crippen molar-refractivity contribution < 1.29 is 32.7 Å². The smallest absolute Gasteiger partial charge is 0 e. The molecule has 1 aliphatic rings. The van der Waals surface area contributed by atoms with Crippen molar-refractivity contribution in [1.29, 1.82) is 0 Å². The maximum atomic E-state index is 4.27. The van der Waals surface area contributed by atoms with E-state index in [-0.39, 0.29) is 38.9 Å². The Morgan fingerprint density at radius 3 is 1.70 bits per heavy atom. The number of nitrogens with zero attached hydrogens (tertiary/aromatic N) is 1. The first-order chi connectivity index (χ1) is 3.71. The molecule has 0 aromatic rings. The van der Waals surface area contributed by atoms with Gasteiger partial charge in [-0.25, -0.2) is 0 Å². The minimum Gasteiger partial charge on any atom is -0.693 e. The summed E-state index contributed by atoms with van der Waals surface area (Å²) in [5.41, 5.74) is 0.585. The SMILES string of the molecule is CC1(C)CC[N-]CC1.[NH2-].[Y]. The maximum Gasteiger partial charge on any atom is 0 e. The standard InChI is InChI=1S/C7H14N.H2N.Y/c1-7(2)3-5-8-6-4-7;;/h3-6H2,1-2H3;1H2;/q2*-1;. The van der Waals surface area contributed by atoms with Crippen LogP contribution < -0.4 is 0 Å². The minimum atomic E-state index is 0. The van der Waals surface area contributed by atoms with Crippen molar-refractivity contribution in [3.63, 3.8) is 0 Å². The van der Waals surface area contributed by atoms with Crippen molar-refractivity contribution >= 4 is 0 Å². The number of rotatable bonds is 0. The van der Waals surface area contributed by atoms with Crippen LogP contribution in [0.2, 0.25) is 0 Å². The van der Waals surface area contributed by atoms with E-state index < -0.39 is 0 Å². The van der Waals surface area contributed by atoms with E-state index in [1.54, 1.807) is 0 Å². The first-order valence-corrected chi connectivity index (χ1v) is 3.34. The summed E-state index contributed by atoms with van der Waals surface area (Å²) >= 11 is 0. The molecule has 10 heavy (non-hydrogen) atoms. The van der Waals surface area contributed by atoms with Gasteiger partial charge in [-0.2, -0.15) is 0 Å². The van der Waals surface area contributed by atoms with Gasteiger partial charge < -0.3 is 11.5 Å². The maximum absolute atomic E-state index is 4.27. The van der Waals surface area contributed by atoms with Gasteiger partial charge in [0.05, 0.1) is 0 Å². The second-order valence-electron chi connectivity index (χ2n) is 3.34. The van der Waals surface area contributed by atoms with Crippen molar-refractivity contribution in [2.24, 2.45) is 5.41 Å². The summed E-state index contributed by atoms with van der Waals surface area (Å²) in [6, 6.07) is 0. The summed E-state index contributed by atoms with van der Waals surface area (Å²) in [4.78, 5) is 0. The molecule has 3 heteroatoms. The van der Waals surface area contributed by atoms with E-state index in [1.807, 2.05) is 0 Å². The summed E-state index contributed by atoms with van der Waals surface area (Å²) in [6.07, 6.45) is 2.57. The van der Waals surface area contributed by atoms with Crippen molar-refractivity contribution in [3.8, 4) is 0 Å². The van der Waals surface area contributed by atoms with Crippen LogP contribution in [0.25, 0.3) is 11.5 Å². The van der Waals surface area contributed by atoms with Crippen molar-refractivity contribution in [3.05, 3.63) is 11.5 Å². The summed E-state index contributed by atoms with van der Waals surface area (Å²) in [5.74, 6) is 0. The molecular weight excluding hydrogens is 201 g/mol. The molecule has 0 amide bonds. The number of hydrogen-bond donors (Lipinski definition) is 0. The van der Waals surface area contributed by atoms with Crippen LogP contribution in [0.4, 0.5) is 0 Å². The molecule has 0 aliphatic carbocycles. The minimum absolute atomic E-state index is 0. The normalized spacial score (nSPS) is 22.2. The van der Waals surface area contributed by atoms with Crippen LogP contribution in [0.15, 0.2) is 0 Å². The first-order valence-electron chi connectivity index (χ1n) is 3.34. The van der Waals surface area contributed by atoms with Crippen molar-refractivity contribution in [2.45, 2.75) is 26.7 Å². The van der Waals surface area contributed by atoms with Gasteiger partial charge >= 0.3 is 0 Å². The summed E-state index contributed by atoms with van der Waals surface area (Å²) < 4.78 is 0. The Bertz CT molecular complexity index is 75.7. The zero-order valence-corrected chi connectivity index (χ0v) is 9.77. The van der Waals surface area contributed by atoms with E-state index in [2.05, 4.69) is 19.2 Å². The molecule has 2 nitrogen and oxygen atoms in total. The van der Waals surface area contributed by atoms with Crippen molar-refractivity contribution in [1.82, 2.24) is 0 Å². The second kappa shape index (κ2) is 5.65. The fourth-order valence-corrected chi connectivity index (χ4v) is 1.00. The molecule has 1 aliphatic heterocycles. The van der Waals surface area contributed by atoms with Gasteiger partial charge in [0, 0.05) is 32.7 Å². The van der Waals surface area contributed by atoms with E-state index in [4.69, 9.17) is 0 Å². The van der Waals surface area contributed by atoms with Crippen molar-refractivity contribution in [2.75, 3.05) is 13.1 Å². The second-order valence-corrected chi connectivity index (χ2v) is 3.34. The molecule has 2 N–H and O–H groups in total. The number of hydrogen-bond acceptors (Lipinski definition) is 0. The van der Waals surface area contributed by atoms with Gasteiger partial charge in [-0.1, -0.05) is 26.7 Å². The molecule has 0 atom stereocenters. The van der Waals surface area contributed by atoms with Crippen LogP contribution in [0, 0.1) is 5.41 Å². The van der Waals surface area contributed by atoms with Gasteiger partial charge in [0.15, 0.2) is 0 Å². The predicted molar refractivity (Wildman–Crippen MR) is 41.4 cm³/mol. The fourth-order valence-electron chi connectivity index (χ4n) is 1.00. The predicted octanol–water partition coefficient (Wildman–Crippen LogP) is 2.89. The molecule has 59 valence electrons. The van der Waals surface area contributed by atoms with Crippen LogP contribution in [-0.2, 0) is 32.7 Å². The Kier molecular flexibility index (Phi) is 7.68. The number of nitrogens with two attached hydrogens (primary N) is 1.